The Balaban J connectivity index is 1.75. The number of carbonyl (C=O) groups excluding carboxylic acids is 1. The van der Waals surface area contributed by atoms with E-state index in [4.69, 9.17) is 0 Å². The summed E-state index contributed by atoms with van der Waals surface area (Å²) in [5.74, 6) is 0.918. The van der Waals surface area contributed by atoms with Crippen molar-refractivity contribution in [1.29, 1.82) is 0 Å². The van der Waals surface area contributed by atoms with E-state index in [9.17, 15) is 4.79 Å². The highest BCUT2D eigenvalue weighted by Gasteiger charge is 2.30. The van der Waals surface area contributed by atoms with Gasteiger partial charge < -0.3 is 5.32 Å². The van der Waals surface area contributed by atoms with Crippen molar-refractivity contribution in [2.75, 3.05) is 5.32 Å². The normalized spacial score (nSPS) is 13.7. The lowest BCUT2D eigenvalue weighted by Crippen LogP contribution is -2.16. The van der Waals surface area contributed by atoms with Crippen molar-refractivity contribution >= 4 is 11.7 Å². The van der Waals surface area contributed by atoms with Crippen LogP contribution in [0.2, 0.25) is 0 Å². The quantitative estimate of drug-likeness (QED) is 0.804. The molecule has 4 rings (SSSR count). The molecular formula is C18H16N4O. The molecule has 5 nitrogen and oxygen atoms in total. The fourth-order valence-electron chi connectivity index (χ4n) is 2.47. The number of para-hydroxylation sites is 1. The Kier molecular flexibility index (Phi) is 3.38. The highest BCUT2D eigenvalue weighted by Crippen LogP contribution is 2.31. The number of nitrogens with zero attached hydrogens (tertiary/aromatic N) is 3. The zero-order chi connectivity index (χ0) is 15.6. The highest BCUT2D eigenvalue weighted by atomic mass is 16.2. The van der Waals surface area contributed by atoms with Crippen LogP contribution in [0.25, 0.3) is 16.9 Å². The Bertz CT molecular complexity index is 823. The van der Waals surface area contributed by atoms with Gasteiger partial charge in [0.2, 0.25) is 5.91 Å². The highest BCUT2D eigenvalue weighted by molar-refractivity contribution is 5.94. The van der Waals surface area contributed by atoms with Crippen molar-refractivity contribution in [3.8, 4) is 16.9 Å². The third kappa shape index (κ3) is 2.85. The van der Waals surface area contributed by atoms with Crippen LogP contribution >= 0.6 is 0 Å². The van der Waals surface area contributed by atoms with E-state index in [1.54, 1.807) is 17.1 Å². The minimum Gasteiger partial charge on any atom is -0.310 e. The molecule has 23 heavy (non-hydrogen) atoms. The van der Waals surface area contributed by atoms with E-state index in [1.807, 2.05) is 48.5 Å². The van der Waals surface area contributed by atoms with Gasteiger partial charge >= 0.3 is 0 Å². The minimum atomic E-state index is 0.0726. The molecule has 0 unspecified atom stereocenters. The van der Waals surface area contributed by atoms with Gasteiger partial charge in [0.1, 0.15) is 5.82 Å². The van der Waals surface area contributed by atoms with Crippen LogP contribution in [-0.4, -0.2) is 20.7 Å². The molecule has 1 aliphatic carbocycles. The lowest BCUT2D eigenvalue weighted by atomic mass is 10.2. The zero-order valence-electron chi connectivity index (χ0n) is 12.5. The molecule has 1 amide bonds. The van der Waals surface area contributed by atoms with Crippen LogP contribution in [0, 0.1) is 5.92 Å². The number of benzene rings is 1. The molecule has 0 spiro atoms. The van der Waals surface area contributed by atoms with Crippen LogP contribution in [0.1, 0.15) is 12.8 Å². The topological polar surface area (TPSA) is 59.8 Å². The van der Waals surface area contributed by atoms with Crippen LogP contribution in [0.5, 0.6) is 0 Å². The molecule has 0 atom stereocenters. The molecule has 0 radical (unpaired) electrons. The number of pyridine rings is 1. The van der Waals surface area contributed by atoms with Gasteiger partial charge in [-0.3, -0.25) is 9.78 Å². The van der Waals surface area contributed by atoms with Crippen LogP contribution in [0.4, 0.5) is 5.82 Å². The van der Waals surface area contributed by atoms with Crippen molar-refractivity contribution in [1.82, 2.24) is 14.8 Å². The largest absolute Gasteiger partial charge is 0.310 e. The first-order chi connectivity index (χ1) is 11.3. The first-order valence-corrected chi connectivity index (χ1v) is 7.68. The first kappa shape index (κ1) is 13.7. The van der Waals surface area contributed by atoms with Gasteiger partial charge in [-0.2, -0.15) is 5.10 Å². The molecular weight excluding hydrogens is 288 g/mol. The van der Waals surface area contributed by atoms with E-state index in [-0.39, 0.29) is 11.8 Å². The summed E-state index contributed by atoms with van der Waals surface area (Å²) in [4.78, 5) is 16.2. The second kappa shape index (κ2) is 5.68. The molecule has 5 heteroatoms. The van der Waals surface area contributed by atoms with Gasteiger partial charge in [0, 0.05) is 29.9 Å². The minimum absolute atomic E-state index is 0.0726. The van der Waals surface area contributed by atoms with Gasteiger partial charge in [0.15, 0.2) is 0 Å². The fourth-order valence-corrected chi connectivity index (χ4v) is 2.47. The Hall–Kier alpha value is -2.95. The molecule has 2 aromatic heterocycles. The summed E-state index contributed by atoms with van der Waals surface area (Å²) in [5, 5.41) is 7.66. The average Bonchev–Trinajstić information content (AvgIpc) is 3.38. The van der Waals surface area contributed by atoms with Crippen LogP contribution < -0.4 is 5.32 Å². The average molecular weight is 304 g/mol. The first-order valence-electron chi connectivity index (χ1n) is 7.68. The van der Waals surface area contributed by atoms with E-state index in [0.717, 1.165) is 29.8 Å². The lowest BCUT2D eigenvalue weighted by molar-refractivity contribution is -0.117. The van der Waals surface area contributed by atoms with Gasteiger partial charge in [-0.25, -0.2) is 4.68 Å². The van der Waals surface area contributed by atoms with Gasteiger partial charge in [-0.05, 0) is 37.1 Å². The van der Waals surface area contributed by atoms with Crippen molar-refractivity contribution in [3.63, 3.8) is 0 Å². The summed E-state index contributed by atoms with van der Waals surface area (Å²) < 4.78 is 1.77. The third-order valence-electron chi connectivity index (χ3n) is 3.89. The molecule has 1 saturated carbocycles. The molecule has 0 bridgehead atoms. The Morgan fingerprint density at radius 2 is 1.83 bits per heavy atom. The van der Waals surface area contributed by atoms with Crippen molar-refractivity contribution in [2.45, 2.75) is 12.8 Å². The Morgan fingerprint density at radius 1 is 1.09 bits per heavy atom. The number of nitrogens with one attached hydrogen (secondary N) is 1. The molecule has 0 saturated heterocycles. The number of rotatable bonds is 4. The van der Waals surface area contributed by atoms with E-state index in [2.05, 4.69) is 15.4 Å². The second-order valence-electron chi connectivity index (χ2n) is 5.66. The maximum absolute atomic E-state index is 12.1. The number of carbonyl (C=O) groups is 1. The summed E-state index contributed by atoms with van der Waals surface area (Å²) in [6.45, 7) is 0. The fraction of sp³-hybridized carbons (Fsp3) is 0.167. The smallest absolute Gasteiger partial charge is 0.228 e. The van der Waals surface area contributed by atoms with E-state index in [0.29, 0.717) is 5.82 Å². The van der Waals surface area contributed by atoms with Crippen molar-refractivity contribution < 1.29 is 4.79 Å². The molecule has 3 aromatic rings. The Morgan fingerprint density at radius 3 is 2.52 bits per heavy atom. The van der Waals surface area contributed by atoms with Gasteiger partial charge in [0.25, 0.3) is 0 Å². The van der Waals surface area contributed by atoms with Gasteiger partial charge in [-0.1, -0.05) is 18.2 Å². The standard InChI is InChI=1S/C18H16N4O/c23-18(14-6-7-14)20-17-12-16(13-8-10-19-11-9-13)21-22(17)15-4-2-1-3-5-15/h1-5,8-12,14H,6-7H2,(H,20,23). The predicted octanol–water partition coefficient (Wildman–Crippen LogP) is 3.28. The third-order valence-corrected chi connectivity index (χ3v) is 3.89. The predicted molar refractivity (Wildman–Crippen MR) is 88.1 cm³/mol. The van der Waals surface area contributed by atoms with Crippen LogP contribution in [0.3, 0.4) is 0 Å². The molecule has 0 aliphatic heterocycles. The Labute approximate surface area is 134 Å². The lowest BCUT2D eigenvalue weighted by Gasteiger charge is -2.08. The monoisotopic (exact) mass is 304 g/mol. The second-order valence-corrected chi connectivity index (χ2v) is 5.66. The molecule has 1 aliphatic rings. The van der Waals surface area contributed by atoms with Crippen LogP contribution in [-0.2, 0) is 4.79 Å². The number of hydrogen-bond acceptors (Lipinski definition) is 3. The summed E-state index contributed by atoms with van der Waals surface area (Å²) >= 11 is 0. The van der Waals surface area contributed by atoms with Crippen LogP contribution in [0.15, 0.2) is 60.9 Å². The maximum atomic E-state index is 12.1. The summed E-state index contributed by atoms with van der Waals surface area (Å²) in [7, 11) is 0. The number of anilines is 1. The summed E-state index contributed by atoms with van der Waals surface area (Å²) in [5.41, 5.74) is 2.69. The van der Waals surface area contributed by atoms with Crippen molar-refractivity contribution in [2.24, 2.45) is 5.92 Å². The number of hydrogen-bond donors (Lipinski definition) is 1. The molecule has 2 heterocycles. The number of amides is 1. The van der Waals surface area contributed by atoms with Crippen molar-refractivity contribution in [3.05, 3.63) is 60.9 Å². The van der Waals surface area contributed by atoms with Gasteiger partial charge in [0.05, 0.1) is 11.4 Å². The molecule has 1 aromatic carbocycles. The maximum Gasteiger partial charge on any atom is 0.228 e. The molecule has 114 valence electrons. The van der Waals surface area contributed by atoms with E-state index >= 15 is 0 Å². The summed E-state index contributed by atoms with van der Waals surface area (Å²) in [6, 6.07) is 15.5. The molecule has 1 N–H and O–H groups in total. The summed E-state index contributed by atoms with van der Waals surface area (Å²) in [6.07, 6.45) is 5.42. The van der Waals surface area contributed by atoms with Gasteiger partial charge in [-0.15, -0.1) is 0 Å². The molecule has 1 fully saturated rings. The SMILES string of the molecule is O=C(Nc1cc(-c2ccncc2)nn1-c1ccccc1)C1CC1. The van der Waals surface area contributed by atoms with E-state index < -0.39 is 0 Å². The number of aromatic nitrogens is 3. The zero-order valence-corrected chi connectivity index (χ0v) is 12.5. The van der Waals surface area contributed by atoms with E-state index in [1.165, 1.54) is 0 Å².